The van der Waals surface area contributed by atoms with Crippen LogP contribution in [0.3, 0.4) is 0 Å². The Labute approximate surface area is 103 Å². The summed E-state index contributed by atoms with van der Waals surface area (Å²) < 4.78 is 38.6. The minimum atomic E-state index is -4.36. The Hall–Kier alpha value is -1.59. The van der Waals surface area contributed by atoms with Crippen molar-refractivity contribution in [2.75, 3.05) is 6.54 Å². The minimum Gasteiger partial charge on any atom is -0.327 e. The molecule has 2 rings (SSSR count). The van der Waals surface area contributed by atoms with Crippen LogP contribution >= 0.6 is 0 Å². The first-order valence-electron chi connectivity index (χ1n) is 5.78. The molecule has 2 heterocycles. The van der Waals surface area contributed by atoms with E-state index in [0.717, 1.165) is 4.90 Å². The zero-order chi connectivity index (χ0) is 13.2. The van der Waals surface area contributed by atoms with Crippen LogP contribution in [0.1, 0.15) is 29.6 Å². The predicted octanol–water partition coefficient (Wildman–Crippen LogP) is 2.64. The maximum Gasteiger partial charge on any atom is 0.408 e. The highest BCUT2D eigenvalue weighted by Crippen LogP contribution is 2.32. The lowest BCUT2D eigenvalue weighted by Gasteiger charge is -2.36. The normalized spacial score (nSPS) is 20.8. The fourth-order valence-corrected chi connectivity index (χ4v) is 2.18. The highest BCUT2D eigenvalue weighted by atomic mass is 19.4. The number of nitrogens with zero attached hydrogens (tertiary/aromatic N) is 2. The van der Waals surface area contributed by atoms with Crippen LogP contribution in [0.4, 0.5) is 13.2 Å². The van der Waals surface area contributed by atoms with E-state index >= 15 is 0 Å². The van der Waals surface area contributed by atoms with E-state index in [1.165, 1.54) is 24.5 Å². The van der Waals surface area contributed by atoms with E-state index in [-0.39, 0.29) is 18.5 Å². The van der Waals surface area contributed by atoms with E-state index in [0.29, 0.717) is 12.8 Å². The molecule has 0 saturated carbocycles. The first-order valence-corrected chi connectivity index (χ1v) is 5.78. The molecule has 1 aliphatic rings. The predicted molar refractivity (Wildman–Crippen MR) is 59.0 cm³/mol. The largest absolute Gasteiger partial charge is 0.408 e. The smallest absolute Gasteiger partial charge is 0.327 e. The summed E-state index contributed by atoms with van der Waals surface area (Å²) in [5.41, 5.74) is 0.251. The third kappa shape index (κ3) is 2.63. The fraction of sp³-hybridized carbons (Fsp3) is 0.500. The molecule has 6 heteroatoms. The molecule has 1 fully saturated rings. The SMILES string of the molecule is O=C(c1ccncc1)N1CCCCC1C(F)(F)F. The summed E-state index contributed by atoms with van der Waals surface area (Å²) in [6, 6.07) is 1.21. The van der Waals surface area contributed by atoms with Crippen molar-refractivity contribution < 1.29 is 18.0 Å². The third-order valence-electron chi connectivity index (χ3n) is 3.07. The monoisotopic (exact) mass is 258 g/mol. The molecule has 0 aromatic carbocycles. The standard InChI is InChI=1S/C12H13F3N2O/c13-12(14,15)10-3-1-2-8-17(10)11(18)9-4-6-16-7-5-9/h4-7,10H,1-3,8H2. The summed E-state index contributed by atoms with van der Waals surface area (Å²) in [5.74, 6) is -0.570. The number of hydrogen-bond donors (Lipinski definition) is 0. The Balaban J connectivity index is 2.22. The molecule has 0 radical (unpaired) electrons. The van der Waals surface area contributed by atoms with Crippen molar-refractivity contribution >= 4 is 5.91 Å². The fourth-order valence-electron chi connectivity index (χ4n) is 2.18. The van der Waals surface area contributed by atoms with E-state index in [1.54, 1.807) is 0 Å². The van der Waals surface area contributed by atoms with Gasteiger partial charge in [0.1, 0.15) is 6.04 Å². The van der Waals surface area contributed by atoms with Gasteiger partial charge in [-0.25, -0.2) is 0 Å². The van der Waals surface area contributed by atoms with Crippen molar-refractivity contribution in [2.24, 2.45) is 0 Å². The molecule has 18 heavy (non-hydrogen) atoms. The van der Waals surface area contributed by atoms with E-state index in [1.807, 2.05) is 0 Å². The first kappa shape index (κ1) is 12.9. The van der Waals surface area contributed by atoms with Gasteiger partial charge in [0.15, 0.2) is 0 Å². The number of carbonyl (C=O) groups is 1. The number of alkyl halides is 3. The highest BCUT2D eigenvalue weighted by Gasteiger charge is 2.46. The van der Waals surface area contributed by atoms with Crippen LogP contribution in [-0.2, 0) is 0 Å². The zero-order valence-corrected chi connectivity index (χ0v) is 9.65. The van der Waals surface area contributed by atoms with Crippen LogP contribution in [0.15, 0.2) is 24.5 Å². The van der Waals surface area contributed by atoms with Gasteiger partial charge in [0.05, 0.1) is 0 Å². The molecular formula is C12H13F3N2O. The van der Waals surface area contributed by atoms with Crippen LogP contribution in [-0.4, -0.2) is 34.6 Å². The second-order valence-corrected chi connectivity index (χ2v) is 4.29. The van der Waals surface area contributed by atoms with Crippen LogP contribution in [0, 0.1) is 0 Å². The van der Waals surface area contributed by atoms with Gasteiger partial charge in [-0.1, -0.05) is 0 Å². The summed E-state index contributed by atoms with van der Waals surface area (Å²) in [6.07, 6.45) is -0.448. The number of hydrogen-bond acceptors (Lipinski definition) is 2. The molecule has 98 valence electrons. The van der Waals surface area contributed by atoms with Gasteiger partial charge < -0.3 is 4.90 Å². The number of carbonyl (C=O) groups excluding carboxylic acids is 1. The minimum absolute atomic E-state index is 0.0136. The molecule has 3 nitrogen and oxygen atoms in total. The molecule has 0 aliphatic carbocycles. The number of amides is 1. The maximum atomic E-state index is 12.9. The van der Waals surface area contributed by atoms with Crippen LogP contribution < -0.4 is 0 Å². The molecule has 1 aromatic rings. The molecule has 0 N–H and O–H groups in total. The highest BCUT2D eigenvalue weighted by molar-refractivity contribution is 5.94. The van der Waals surface area contributed by atoms with Crippen LogP contribution in [0.25, 0.3) is 0 Å². The van der Waals surface area contributed by atoms with Gasteiger partial charge in [0.25, 0.3) is 5.91 Å². The average molecular weight is 258 g/mol. The van der Waals surface area contributed by atoms with Crippen molar-refractivity contribution in [2.45, 2.75) is 31.5 Å². The molecule has 1 aromatic heterocycles. The second-order valence-electron chi connectivity index (χ2n) is 4.29. The first-order chi connectivity index (χ1) is 8.50. The molecule has 1 amide bonds. The Morgan fingerprint density at radius 3 is 2.56 bits per heavy atom. The van der Waals surface area contributed by atoms with Gasteiger partial charge in [-0.15, -0.1) is 0 Å². The summed E-state index contributed by atoms with van der Waals surface area (Å²) >= 11 is 0. The number of piperidine rings is 1. The number of rotatable bonds is 1. The van der Waals surface area contributed by atoms with Crippen molar-refractivity contribution in [3.05, 3.63) is 30.1 Å². The van der Waals surface area contributed by atoms with E-state index in [2.05, 4.69) is 4.98 Å². The second kappa shape index (κ2) is 4.96. The molecule has 1 atom stereocenters. The molecule has 1 unspecified atom stereocenters. The molecule has 1 aliphatic heterocycles. The number of halogens is 3. The molecular weight excluding hydrogens is 245 g/mol. The van der Waals surface area contributed by atoms with Gasteiger partial charge in [-0.3, -0.25) is 9.78 Å². The zero-order valence-electron chi connectivity index (χ0n) is 9.65. The summed E-state index contributed by atoms with van der Waals surface area (Å²) in [6.45, 7) is 0.158. The van der Waals surface area contributed by atoms with Crippen molar-refractivity contribution in [3.8, 4) is 0 Å². The van der Waals surface area contributed by atoms with Crippen LogP contribution in [0.2, 0.25) is 0 Å². The summed E-state index contributed by atoms with van der Waals surface area (Å²) in [7, 11) is 0. The van der Waals surface area contributed by atoms with Gasteiger partial charge >= 0.3 is 6.18 Å². The van der Waals surface area contributed by atoms with Crippen molar-refractivity contribution in [3.63, 3.8) is 0 Å². The lowest BCUT2D eigenvalue weighted by Crippen LogP contribution is -2.51. The van der Waals surface area contributed by atoms with E-state index in [9.17, 15) is 18.0 Å². The quantitative estimate of drug-likeness (QED) is 0.775. The lowest BCUT2D eigenvalue weighted by atomic mass is 10.0. The Morgan fingerprint density at radius 2 is 1.94 bits per heavy atom. The molecule has 0 bridgehead atoms. The Kier molecular flexibility index (Phi) is 3.54. The number of aromatic nitrogens is 1. The van der Waals surface area contributed by atoms with Crippen molar-refractivity contribution in [1.82, 2.24) is 9.88 Å². The van der Waals surface area contributed by atoms with Gasteiger partial charge in [0, 0.05) is 24.5 Å². The van der Waals surface area contributed by atoms with Gasteiger partial charge in [-0.05, 0) is 31.4 Å². The molecule has 1 saturated heterocycles. The maximum absolute atomic E-state index is 12.9. The van der Waals surface area contributed by atoms with Gasteiger partial charge in [0.2, 0.25) is 0 Å². The number of likely N-dealkylation sites (tertiary alicyclic amines) is 1. The average Bonchev–Trinajstić information content (AvgIpc) is 2.38. The summed E-state index contributed by atoms with van der Waals surface area (Å²) in [4.78, 5) is 16.7. The third-order valence-corrected chi connectivity index (χ3v) is 3.07. The Morgan fingerprint density at radius 1 is 1.28 bits per heavy atom. The lowest BCUT2D eigenvalue weighted by molar-refractivity contribution is -0.183. The Bertz CT molecular complexity index is 419. The topological polar surface area (TPSA) is 33.2 Å². The van der Waals surface area contributed by atoms with Crippen molar-refractivity contribution in [1.29, 1.82) is 0 Å². The van der Waals surface area contributed by atoms with E-state index in [4.69, 9.17) is 0 Å². The van der Waals surface area contributed by atoms with Gasteiger partial charge in [-0.2, -0.15) is 13.2 Å². The van der Waals surface area contributed by atoms with Crippen LogP contribution in [0.5, 0.6) is 0 Å². The summed E-state index contributed by atoms with van der Waals surface area (Å²) in [5, 5.41) is 0. The van der Waals surface area contributed by atoms with E-state index < -0.39 is 18.1 Å². The number of pyridine rings is 1. The molecule has 0 spiro atoms.